The molecule has 3 heteroatoms. The first-order chi connectivity index (χ1) is 11.3. The summed E-state index contributed by atoms with van der Waals surface area (Å²) in [5.41, 5.74) is 2.77. The molecule has 1 aliphatic carbocycles. The molecule has 1 aromatic carbocycles. The molecule has 2 rings (SSSR count). The van der Waals surface area contributed by atoms with Crippen molar-refractivity contribution in [1.82, 2.24) is 0 Å². The highest BCUT2D eigenvalue weighted by Gasteiger charge is 2.38. The normalized spacial score (nSPS) is 15.9. The summed E-state index contributed by atoms with van der Waals surface area (Å²) in [4.78, 5) is 0. The third-order valence-electron chi connectivity index (χ3n) is 5.41. The van der Waals surface area contributed by atoms with Crippen molar-refractivity contribution in [3.63, 3.8) is 0 Å². The molecular weight excluding hydrogens is 336 g/mol. The van der Waals surface area contributed by atoms with E-state index in [1.54, 1.807) is 10.4 Å². The summed E-state index contributed by atoms with van der Waals surface area (Å²) in [6.45, 7) is 21.5. The van der Waals surface area contributed by atoms with Crippen molar-refractivity contribution >= 4 is 21.3 Å². The van der Waals surface area contributed by atoms with Crippen LogP contribution < -0.4 is 9.92 Å². The van der Waals surface area contributed by atoms with Gasteiger partial charge in [0.05, 0.1) is 15.2 Å². The zero-order chi connectivity index (χ0) is 19.2. The first kappa shape index (κ1) is 20.2. The number of benzene rings is 1. The summed E-state index contributed by atoms with van der Waals surface area (Å²) in [6.07, 6.45) is 5.93. The third kappa shape index (κ3) is 3.87. The minimum Gasteiger partial charge on any atom is -0.497 e. The van der Waals surface area contributed by atoms with Crippen molar-refractivity contribution in [3.8, 4) is 5.75 Å². The van der Waals surface area contributed by atoms with E-state index in [-0.39, 0.29) is 5.41 Å². The molecule has 0 unspecified atom stereocenters. The lowest BCUT2D eigenvalue weighted by atomic mass is 9.85. The second-order valence-corrected chi connectivity index (χ2v) is 19.4. The molecular formula is C22H36OSi2. The van der Waals surface area contributed by atoms with E-state index in [1.165, 1.54) is 16.3 Å². The van der Waals surface area contributed by atoms with Crippen LogP contribution in [0.5, 0.6) is 5.75 Å². The maximum atomic E-state index is 6.03. The predicted molar refractivity (Wildman–Crippen MR) is 118 cm³/mol. The van der Waals surface area contributed by atoms with Crippen molar-refractivity contribution in [2.75, 3.05) is 7.11 Å². The smallest absolute Gasteiger partial charge is 0.122 e. The van der Waals surface area contributed by atoms with Gasteiger partial charge < -0.3 is 4.74 Å². The molecule has 0 saturated carbocycles. The van der Waals surface area contributed by atoms with E-state index >= 15 is 0 Å². The Balaban J connectivity index is 2.75. The van der Waals surface area contributed by atoms with Gasteiger partial charge in [-0.3, -0.25) is 0 Å². The Bertz CT molecular complexity index is 726. The van der Waals surface area contributed by atoms with Crippen LogP contribution in [0.3, 0.4) is 0 Å². The quantitative estimate of drug-likeness (QED) is 0.599. The highest BCUT2D eigenvalue weighted by Crippen LogP contribution is 2.38. The van der Waals surface area contributed by atoms with E-state index in [0.29, 0.717) is 0 Å². The monoisotopic (exact) mass is 372 g/mol. The Morgan fingerprint density at radius 2 is 1.60 bits per heavy atom. The summed E-state index contributed by atoms with van der Waals surface area (Å²) in [5, 5.41) is 4.86. The number of aryl methyl sites for hydroxylation is 1. The number of hydrogen-bond donors (Lipinski definition) is 0. The van der Waals surface area contributed by atoms with Gasteiger partial charge in [-0.25, -0.2) is 0 Å². The minimum absolute atomic E-state index is 0.0838. The summed E-state index contributed by atoms with van der Waals surface area (Å²) in [7, 11) is -1.29. The van der Waals surface area contributed by atoms with Gasteiger partial charge in [0.25, 0.3) is 0 Å². The van der Waals surface area contributed by atoms with Crippen LogP contribution in [-0.4, -0.2) is 23.3 Å². The van der Waals surface area contributed by atoms with Gasteiger partial charge in [0.1, 0.15) is 13.8 Å². The van der Waals surface area contributed by atoms with E-state index in [4.69, 9.17) is 4.74 Å². The molecule has 0 amide bonds. The topological polar surface area (TPSA) is 9.23 Å². The number of ether oxygens (including phenoxy) is 1. The molecule has 1 nitrogen and oxygen atoms in total. The van der Waals surface area contributed by atoms with Crippen LogP contribution in [-0.2, 0) is 5.41 Å². The van der Waals surface area contributed by atoms with Crippen molar-refractivity contribution in [3.05, 3.63) is 45.8 Å². The molecule has 0 heterocycles. The van der Waals surface area contributed by atoms with E-state index in [1.807, 2.05) is 7.11 Å². The summed E-state index contributed by atoms with van der Waals surface area (Å²) in [6, 6.07) is 4.71. The molecule has 0 atom stereocenters. The number of methoxy groups -OCH3 is 1. The molecule has 0 aromatic heterocycles. The van der Waals surface area contributed by atoms with Crippen molar-refractivity contribution in [2.24, 2.45) is 0 Å². The van der Waals surface area contributed by atoms with E-state index < -0.39 is 16.1 Å². The Hall–Kier alpha value is -1.07. The highest BCUT2D eigenvalue weighted by molar-refractivity contribution is 6.98. The molecule has 1 aromatic rings. The second kappa shape index (κ2) is 6.58. The van der Waals surface area contributed by atoms with Gasteiger partial charge in [0.15, 0.2) is 0 Å². The molecule has 138 valence electrons. The molecule has 0 spiro atoms. The Labute approximate surface area is 157 Å². The zero-order valence-corrected chi connectivity index (χ0v) is 19.9. The largest absolute Gasteiger partial charge is 0.497 e. The Morgan fingerprint density at radius 3 is 2.08 bits per heavy atom. The van der Waals surface area contributed by atoms with E-state index in [2.05, 4.69) is 84.7 Å². The minimum atomic E-state index is -1.80. The van der Waals surface area contributed by atoms with Crippen LogP contribution in [0.4, 0.5) is 0 Å². The lowest BCUT2D eigenvalue weighted by molar-refractivity contribution is 0.400. The van der Waals surface area contributed by atoms with Crippen LogP contribution in [0.1, 0.15) is 38.3 Å². The molecule has 0 saturated heterocycles. The maximum Gasteiger partial charge on any atom is 0.122 e. The molecule has 1 aliphatic rings. The summed E-state index contributed by atoms with van der Waals surface area (Å²) >= 11 is 0. The van der Waals surface area contributed by atoms with E-state index in [0.717, 1.165) is 12.2 Å². The standard InChI is InChI=1S/C22H36OSi2/c1-16-14-17(22(2,3)4)21(23-5)20(15-16)25(9,10)19-13-11-12-18(19)24(6,7)8/h11-12,14-15H,13H2,1-10H3. The fourth-order valence-electron chi connectivity index (χ4n) is 3.98. The third-order valence-corrected chi connectivity index (χ3v) is 11.4. The number of rotatable bonds is 4. The average molecular weight is 373 g/mol. The van der Waals surface area contributed by atoms with Crippen LogP contribution in [0.2, 0.25) is 32.7 Å². The van der Waals surface area contributed by atoms with Crippen molar-refractivity contribution in [1.29, 1.82) is 0 Å². The highest BCUT2D eigenvalue weighted by atomic mass is 28.3. The number of allylic oxidation sites excluding steroid dienone is 4. The van der Waals surface area contributed by atoms with Crippen LogP contribution in [0.25, 0.3) is 0 Å². The molecule has 0 N–H and O–H groups in total. The predicted octanol–water partition coefficient (Wildman–Crippen LogP) is 5.89. The average Bonchev–Trinajstić information content (AvgIpc) is 2.95. The molecule has 0 bridgehead atoms. The van der Waals surface area contributed by atoms with Crippen LogP contribution in [0, 0.1) is 6.92 Å². The Kier molecular flexibility index (Phi) is 5.33. The Morgan fingerprint density at radius 1 is 1.00 bits per heavy atom. The van der Waals surface area contributed by atoms with Gasteiger partial charge in [-0.05, 0) is 29.5 Å². The van der Waals surface area contributed by atoms with Gasteiger partial charge in [0.2, 0.25) is 0 Å². The fraction of sp³-hybridized carbons (Fsp3) is 0.545. The molecule has 25 heavy (non-hydrogen) atoms. The summed E-state index contributed by atoms with van der Waals surface area (Å²) in [5.74, 6) is 1.13. The summed E-state index contributed by atoms with van der Waals surface area (Å²) < 4.78 is 6.03. The molecule has 0 radical (unpaired) electrons. The van der Waals surface area contributed by atoms with Crippen LogP contribution >= 0.6 is 0 Å². The maximum absolute atomic E-state index is 6.03. The van der Waals surface area contributed by atoms with Crippen molar-refractivity contribution in [2.45, 2.75) is 72.3 Å². The van der Waals surface area contributed by atoms with Crippen LogP contribution in [0.15, 0.2) is 34.7 Å². The number of hydrogen-bond acceptors (Lipinski definition) is 1. The molecule has 0 aliphatic heterocycles. The van der Waals surface area contributed by atoms with Crippen molar-refractivity contribution < 1.29 is 4.74 Å². The fourth-order valence-corrected chi connectivity index (χ4v) is 10.8. The zero-order valence-electron chi connectivity index (χ0n) is 17.9. The van der Waals surface area contributed by atoms with E-state index in [9.17, 15) is 0 Å². The second-order valence-electron chi connectivity index (χ2n) is 10.0. The van der Waals surface area contributed by atoms with Gasteiger partial charge in [-0.1, -0.05) is 93.7 Å². The first-order valence-electron chi connectivity index (χ1n) is 9.40. The first-order valence-corrected chi connectivity index (χ1v) is 15.9. The van der Waals surface area contributed by atoms with Gasteiger partial charge >= 0.3 is 0 Å². The van der Waals surface area contributed by atoms with Gasteiger partial charge in [0, 0.05) is 0 Å². The lowest BCUT2D eigenvalue weighted by Crippen LogP contribution is -2.47. The van der Waals surface area contributed by atoms with Gasteiger partial charge in [-0.2, -0.15) is 0 Å². The SMILES string of the molecule is COc1c(C(C)(C)C)cc(C)cc1[Si](C)(C)C1=C([Si](C)(C)C)C=CC1. The van der Waals surface area contributed by atoms with Gasteiger partial charge in [-0.15, -0.1) is 0 Å². The lowest BCUT2D eigenvalue weighted by Gasteiger charge is -2.34. The molecule has 0 fully saturated rings.